The summed E-state index contributed by atoms with van der Waals surface area (Å²) in [6.07, 6.45) is 0. The Bertz CT molecular complexity index is 771. The molecule has 1 aliphatic heterocycles. The molecule has 2 N–H and O–H groups in total. The number of carbonyl (C=O) groups is 2. The lowest BCUT2D eigenvalue weighted by atomic mass is 9.88. The molecular formula is C18H20N2O4. The standard InChI is InChI=1S/C18H20N2O4/c1-18(15-8-4-6-13-5-2-3-7-14(13)15)16(22)20(17(23)19-18)9-11-24-12-10-21/h2-8,21H,9-12H2,1H3,(H,19,23)/t18-/m1/s1. The van der Waals surface area contributed by atoms with Crippen LogP contribution in [0.25, 0.3) is 10.8 Å². The molecule has 0 saturated carbocycles. The summed E-state index contributed by atoms with van der Waals surface area (Å²) in [4.78, 5) is 26.3. The number of imide groups is 1. The van der Waals surface area contributed by atoms with Gasteiger partial charge in [0.1, 0.15) is 5.54 Å². The van der Waals surface area contributed by atoms with Gasteiger partial charge in [0.2, 0.25) is 0 Å². The van der Waals surface area contributed by atoms with Crippen LogP contribution in [-0.4, -0.2) is 48.3 Å². The van der Waals surface area contributed by atoms with Gasteiger partial charge in [-0.3, -0.25) is 9.69 Å². The molecule has 1 heterocycles. The molecule has 1 atom stereocenters. The van der Waals surface area contributed by atoms with Crippen molar-refractivity contribution in [2.75, 3.05) is 26.4 Å². The number of hydrogen-bond donors (Lipinski definition) is 2. The quantitative estimate of drug-likeness (QED) is 0.624. The number of aliphatic hydroxyl groups is 1. The lowest BCUT2D eigenvalue weighted by molar-refractivity contribution is -0.131. The Kier molecular flexibility index (Phi) is 4.51. The van der Waals surface area contributed by atoms with Crippen molar-refractivity contribution in [2.45, 2.75) is 12.5 Å². The van der Waals surface area contributed by atoms with Crippen molar-refractivity contribution >= 4 is 22.7 Å². The van der Waals surface area contributed by atoms with E-state index >= 15 is 0 Å². The van der Waals surface area contributed by atoms with Crippen LogP contribution in [0, 0.1) is 0 Å². The van der Waals surface area contributed by atoms with E-state index in [2.05, 4.69) is 5.32 Å². The molecule has 126 valence electrons. The van der Waals surface area contributed by atoms with E-state index in [-0.39, 0.29) is 32.3 Å². The van der Waals surface area contributed by atoms with Crippen molar-refractivity contribution < 1.29 is 19.4 Å². The minimum atomic E-state index is -1.10. The van der Waals surface area contributed by atoms with Gasteiger partial charge in [-0.1, -0.05) is 42.5 Å². The van der Waals surface area contributed by atoms with Crippen LogP contribution in [-0.2, 0) is 15.1 Å². The van der Waals surface area contributed by atoms with E-state index in [0.717, 1.165) is 16.3 Å². The van der Waals surface area contributed by atoms with Gasteiger partial charge in [0.05, 0.1) is 26.4 Å². The topological polar surface area (TPSA) is 78.9 Å². The van der Waals surface area contributed by atoms with Crippen LogP contribution in [0.3, 0.4) is 0 Å². The molecule has 1 fully saturated rings. The summed E-state index contributed by atoms with van der Waals surface area (Å²) in [5.74, 6) is -0.295. The minimum absolute atomic E-state index is 0.0894. The number of carbonyl (C=O) groups excluding carboxylic acids is 2. The number of hydrogen-bond acceptors (Lipinski definition) is 4. The second-order valence-corrected chi connectivity index (χ2v) is 5.87. The highest BCUT2D eigenvalue weighted by molar-refractivity contribution is 6.09. The van der Waals surface area contributed by atoms with Gasteiger partial charge < -0.3 is 15.2 Å². The van der Waals surface area contributed by atoms with Crippen LogP contribution in [0.15, 0.2) is 42.5 Å². The van der Waals surface area contributed by atoms with E-state index in [1.807, 2.05) is 42.5 Å². The summed E-state index contributed by atoms with van der Waals surface area (Å²) in [6.45, 7) is 2.18. The molecule has 1 saturated heterocycles. The van der Waals surface area contributed by atoms with Crippen molar-refractivity contribution in [3.05, 3.63) is 48.0 Å². The Balaban J connectivity index is 1.90. The van der Waals surface area contributed by atoms with E-state index < -0.39 is 11.6 Å². The average Bonchev–Trinajstić information content (AvgIpc) is 2.81. The Morgan fingerprint density at radius 3 is 2.67 bits per heavy atom. The predicted octanol–water partition coefficient (Wildman–Crippen LogP) is 1.62. The van der Waals surface area contributed by atoms with Gasteiger partial charge in [-0.2, -0.15) is 0 Å². The number of urea groups is 1. The summed E-state index contributed by atoms with van der Waals surface area (Å²) in [6, 6.07) is 13.1. The van der Waals surface area contributed by atoms with Gasteiger partial charge in [-0.15, -0.1) is 0 Å². The van der Waals surface area contributed by atoms with E-state index in [9.17, 15) is 9.59 Å². The number of benzene rings is 2. The molecule has 0 bridgehead atoms. The van der Waals surface area contributed by atoms with Crippen LogP contribution in [0.1, 0.15) is 12.5 Å². The number of aliphatic hydroxyl groups excluding tert-OH is 1. The Morgan fingerprint density at radius 1 is 1.12 bits per heavy atom. The number of nitrogens with zero attached hydrogens (tertiary/aromatic N) is 1. The summed E-state index contributed by atoms with van der Waals surface area (Å²) in [7, 11) is 0. The SMILES string of the molecule is C[C@]1(c2cccc3ccccc23)NC(=O)N(CCOCCO)C1=O. The maximum absolute atomic E-state index is 12.9. The maximum atomic E-state index is 12.9. The molecular weight excluding hydrogens is 308 g/mol. The fourth-order valence-corrected chi connectivity index (χ4v) is 3.07. The molecule has 0 aliphatic carbocycles. The molecule has 2 aromatic rings. The van der Waals surface area contributed by atoms with Crippen LogP contribution in [0.5, 0.6) is 0 Å². The second kappa shape index (κ2) is 6.59. The summed E-state index contributed by atoms with van der Waals surface area (Å²) in [5.41, 5.74) is -0.327. The van der Waals surface area contributed by atoms with Gasteiger partial charge in [0.15, 0.2) is 0 Å². The van der Waals surface area contributed by atoms with Gasteiger partial charge in [0.25, 0.3) is 5.91 Å². The molecule has 0 radical (unpaired) electrons. The monoisotopic (exact) mass is 328 g/mol. The van der Waals surface area contributed by atoms with Crippen molar-refractivity contribution in [3.63, 3.8) is 0 Å². The summed E-state index contributed by atoms with van der Waals surface area (Å²) < 4.78 is 5.16. The first-order valence-electron chi connectivity index (χ1n) is 7.89. The van der Waals surface area contributed by atoms with Crippen LogP contribution in [0.4, 0.5) is 4.79 Å². The van der Waals surface area contributed by atoms with Gasteiger partial charge in [-0.25, -0.2) is 4.79 Å². The zero-order chi connectivity index (χ0) is 17.2. The lowest BCUT2D eigenvalue weighted by Crippen LogP contribution is -2.41. The van der Waals surface area contributed by atoms with Crippen molar-refractivity contribution in [1.29, 1.82) is 0 Å². The molecule has 3 amide bonds. The van der Waals surface area contributed by atoms with Gasteiger partial charge in [-0.05, 0) is 23.3 Å². The van der Waals surface area contributed by atoms with Crippen molar-refractivity contribution in [1.82, 2.24) is 10.2 Å². The zero-order valence-electron chi connectivity index (χ0n) is 13.5. The fraction of sp³-hybridized carbons (Fsp3) is 0.333. The molecule has 24 heavy (non-hydrogen) atoms. The van der Waals surface area contributed by atoms with Crippen molar-refractivity contribution in [3.8, 4) is 0 Å². The predicted molar refractivity (Wildman–Crippen MR) is 89.4 cm³/mol. The number of nitrogens with one attached hydrogen (secondary N) is 1. The number of fused-ring (bicyclic) bond motifs is 1. The third-order valence-electron chi connectivity index (χ3n) is 4.30. The van der Waals surface area contributed by atoms with Crippen LogP contribution in [0.2, 0.25) is 0 Å². The molecule has 1 aliphatic rings. The highest BCUT2D eigenvalue weighted by Gasteiger charge is 2.49. The first kappa shape index (κ1) is 16.4. The third kappa shape index (κ3) is 2.74. The maximum Gasteiger partial charge on any atom is 0.325 e. The summed E-state index contributed by atoms with van der Waals surface area (Å²) in [5, 5.41) is 13.5. The highest BCUT2D eigenvalue weighted by Crippen LogP contribution is 2.33. The lowest BCUT2D eigenvalue weighted by Gasteiger charge is -2.24. The number of rotatable bonds is 6. The first-order valence-corrected chi connectivity index (χ1v) is 7.89. The van der Waals surface area contributed by atoms with Crippen molar-refractivity contribution in [2.24, 2.45) is 0 Å². The Hall–Kier alpha value is -2.44. The number of ether oxygens (including phenoxy) is 1. The van der Waals surface area contributed by atoms with Gasteiger partial charge >= 0.3 is 6.03 Å². The second-order valence-electron chi connectivity index (χ2n) is 5.87. The average molecular weight is 328 g/mol. The first-order chi connectivity index (χ1) is 11.6. The van der Waals surface area contributed by atoms with E-state index in [1.165, 1.54) is 4.90 Å². The van der Waals surface area contributed by atoms with E-state index in [0.29, 0.717) is 0 Å². The molecule has 6 nitrogen and oxygen atoms in total. The molecule has 3 rings (SSSR count). The highest BCUT2D eigenvalue weighted by atomic mass is 16.5. The van der Waals surface area contributed by atoms with Gasteiger partial charge in [0, 0.05) is 0 Å². The van der Waals surface area contributed by atoms with Crippen LogP contribution >= 0.6 is 0 Å². The molecule has 6 heteroatoms. The van der Waals surface area contributed by atoms with E-state index in [1.54, 1.807) is 6.92 Å². The minimum Gasteiger partial charge on any atom is -0.394 e. The summed E-state index contributed by atoms with van der Waals surface area (Å²) >= 11 is 0. The molecule has 0 unspecified atom stereocenters. The normalized spacial score (nSPS) is 20.7. The smallest absolute Gasteiger partial charge is 0.325 e. The number of amides is 3. The molecule has 0 spiro atoms. The largest absolute Gasteiger partial charge is 0.394 e. The molecule has 0 aromatic heterocycles. The Labute approximate surface area is 140 Å². The zero-order valence-corrected chi connectivity index (χ0v) is 13.5. The van der Waals surface area contributed by atoms with Crippen LogP contribution < -0.4 is 5.32 Å². The van der Waals surface area contributed by atoms with E-state index in [4.69, 9.17) is 9.84 Å². The molecule has 2 aromatic carbocycles. The third-order valence-corrected chi connectivity index (χ3v) is 4.30. The fourth-order valence-electron chi connectivity index (χ4n) is 3.07. The Morgan fingerprint density at radius 2 is 1.88 bits per heavy atom.